The summed E-state index contributed by atoms with van der Waals surface area (Å²) in [5, 5.41) is 2.81. The predicted octanol–water partition coefficient (Wildman–Crippen LogP) is 4.44. The number of amides is 1. The van der Waals surface area contributed by atoms with Gasteiger partial charge in [0.05, 0.1) is 17.3 Å². The van der Waals surface area contributed by atoms with E-state index in [9.17, 15) is 9.18 Å². The lowest BCUT2D eigenvalue weighted by atomic mass is 10.1. The Labute approximate surface area is 127 Å². The summed E-state index contributed by atoms with van der Waals surface area (Å²) in [4.78, 5) is 12.2. The molecular weight excluding hydrogens is 293 g/mol. The fourth-order valence-corrected chi connectivity index (χ4v) is 2.11. The molecule has 0 spiro atoms. The topological polar surface area (TPSA) is 38.3 Å². The molecule has 0 aromatic heterocycles. The van der Waals surface area contributed by atoms with Crippen molar-refractivity contribution in [2.24, 2.45) is 0 Å². The molecule has 0 fully saturated rings. The highest BCUT2D eigenvalue weighted by Crippen LogP contribution is 2.24. The van der Waals surface area contributed by atoms with Crippen LogP contribution in [0.2, 0.25) is 5.02 Å². The number of carbonyl (C=O) groups is 1. The number of hydrogen-bond donors (Lipinski definition) is 1. The normalized spacial score (nSPS) is 10.3. The highest BCUT2D eigenvalue weighted by Gasteiger charge is 2.11. The lowest BCUT2D eigenvalue weighted by molar-refractivity contribution is 0.102. The molecule has 0 heterocycles. The fourth-order valence-electron chi connectivity index (χ4n) is 1.89. The van der Waals surface area contributed by atoms with Crippen LogP contribution in [0.3, 0.4) is 0 Å². The second kappa shape index (κ2) is 6.59. The van der Waals surface area contributed by atoms with Crippen molar-refractivity contribution in [1.82, 2.24) is 0 Å². The minimum absolute atomic E-state index is 0.158. The molecule has 0 radical (unpaired) electrons. The lowest BCUT2D eigenvalue weighted by Gasteiger charge is -2.10. The van der Waals surface area contributed by atoms with Crippen molar-refractivity contribution in [3.8, 4) is 5.75 Å². The van der Waals surface area contributed by atoms with Crippen molar-refractivity contribution in [2.45, 2.75) is 13.8 Å². The summed E-state index contributed by atoms with van der Waals surface area (Å²) in [6, 6.07) is 8.98. The summed E-state index contributed by atoms with van der Waals surface area (Å²) in [5.74, 6) is -0.0153. The van der Waals surface area contributed by atoms with Crippen LogP contribution in [0.1, 0.15) is 22.8 Å². The van der Waals surface area contributed by atoms with E-state index in [0.717, 1.165) is 17.4 Å². The zero-order chi connectivity index (χ0) is 15.4. The van der Waals surface area contributed by atoms with Crippen molar-refractivity contribution < 1.29 is 13.9 Å². The number of hydrogen-bond acceptors (Lipinski definition) is 2. The zero-order valence-corrected chi connectivity index (χ0v) is 12.5. The number of rotatable bonds is 4. The Morgan fingerprint density at radius 1 is 1.29 bits per heavy atom. The number of ether oxygens (including phenoxy) is 1. The van der Waals surface area contributed by atoms with E-state index in [0.29, 0.717) is 17.9 Å². The molecule has 0 saturated carbocycles. The van der Waals surface area contributed by atoms with Gasteiger partial charge in [0, 0.05) is 5.56 Å². The first-order valence-electron chi connectivity index (χ1n) is 6.51. The summed E-state index contributed by atoms with van der Waals surface area (Å²) in [7, 11) is 0. The van der Waals surface area contributed by atoms with Gasteiger partial charge in [-0.3, -0.25) is 4.79 Å². The van der Waals surface area contributed by atoms with Crippen molar-refractivity contribution in [2.75, 3.05) is 11.9 Å². The van der Waals surface area contributed by atoms with Gasteiger partial charge in [0.1, 0.15) is 11.6 Å². The van der Waals surface area contributed by atoms with E-state index in [1.807, 2.05) is 13.8 Å². The fraction of sp³-hybridized carbons (Fsp3) is 0.188. The molecule has 0 aliphatic carbocycles. The molecule has 0 aliphatic rings. The number of benzene rings is 2. The predicted molar refractivity (Wildman–Crippen MR) is 81.7 cm³/mol. The molecule has 0 bridgehead atoms. The Balaban J connectivity index is 2.18. The average molecular weight is 308 g/mol. The van der Waals surface area contributed by atoms with E-state index in [1.165, 1.54) is 12.1 Å². The standard InChI is InChI=1S/C16H15ClFNO2/c1-3-21-15-7-4-11(8-10(15)2)16(20)19-14-6-5-12(18)9-13(14)17/h4-9H,3H2,1-2H3,(H,19,20). The Hall–Kier alpha value is -2.07. The van der Waals surface area contributed by atoms with E-state index in [2.05, 4.69) is 5.32 Å². The van der Waals surface area contributed by atoms with Gasteiger partial charge in [-0.15, -0.1) is 0 Å². The van der Waals surface area contributed by atoms with Gasteiger partial charge < -0.3 is 10.1 Å². The maximum absolute atomic E-state index is 13.0. The molecule has 0 aliphatic heterocycles. The summed E-state index contributed by atoms with van der Waals surface area (Å²) >= 11 is 5.88. The first kappa shape index (κ1) is 15.3. The number of carbonyl (C=O) groups excluding carboxylic acids is 1. The lowest BCUT2D eigenvalue weighted by Crippen LogP contribution is -2.12. The molecular formula is C16H15ClFNO2. The second-order valence-corrected chi connectivity index (χ2v) is 4.90. The molecule has 110 valence electrons. The number of halogens is 2. The maximum atomic E-state index is 13.0. The average Bonchev–Trinajstić information content (AvgIpc) is 2.44. The van der Waals surface area contributed by atoms with Gasteiger partial charge >= 0.3 is 0 Å². The van der Waals surface area contributed by atoms with Crippen molar-refractivity contribution in [3.05, 3.63) is 58.4 Å². The second-order valence-electron chi connectivity index (χ2n) is 4.49. The van der Waals surface area contributed by atoms with E-state index < -0.39 is 5.82 Å². The summed E-state index contributed by atoms with van der Waals surface area (Å²) < 4.78 is 18.4. The third-order valence-electron chi connectivity index (χ3n) is 2.92. The summed E-state index contributed by atoms with van der Waals surface area (Å²) in [6.07, 6.45) is 0. The molecule has 5 heteroatoms. The van der Waals surface area contributed by atoms with Crippen molar-refractivity contribution in [3.63, 3.8) is 0 Å². The monoisotopic (exact) mass is 307 g/mol. The third-order valence-corrected chi connectivity index (χ3v) is 3.23. The minimum Gasteiger partial charge on any atom is -0.494 e. The van der Waals surface area contributed by atoms with E-state index in [4.69, 9.17) is 16.3 Å². The van der Waals surface area contributed by atoms with Crippen LogP contribution in [0, 0.1) is 12.7 Å². The minimum atomic E-state index is -0.449. The zero-order valence-electron chi connectivity index (χ0n) is 11.7. The van der Waals surface area contributed by atoms with Gasteiger partial charge in [-0.1, -0.05) is 11.6 Å². The van der Waals surface area contributed by atoms with Gasteiger partial charge in [-0.05, 0) is 55.8 Å². The van der Waals surface area contributed by atoms with Crippen molar-refractivity contribution >= 4 is 23.2 Å². The molecule has 0 saturated heterocycles. The molecule has 2 aromatic rings. The first-order valence-corrected chi connectivity index (χ1v) is 6.89. The maximum Gasteiger partial charge on any atom is 0.255 e. The molecule has 3 nitrogen and oxygen atoms in total. The Kier molecular flexibility index (Phi) is 4.81. The Morgan fingerprint density at radius 2 is 2.05 bits per heavy atom. The largest absolute Gasteiger partial charge is 0.494 e. The van der Waals surface area contributed by atoms with Crippen LogP contribution < -0.4 is 10.1 Å². The highest BCUT2D eigenvalue weighted by molar-refractivity contribution is 6.33. The van der Waals surface area contributed by atoms with Crippen LogP contribution in [0.25, 0.3) is 0 Å². The first-order chi connectivity index (χ1) is 10.0. The molecule has 0 atom stereocenters. The Morgan fingerprint density at radius 3 is 2.67 bits per heavy atom. The Bertz CT molecular complexity index is 673. The van der Waals surface area contributed by atoms with Crippen molar-refractivity contribution in [1.29, 1.82) is 0 Å². The molecule has 1 amide bonds. The highest BCUT2D eigenvalue weighted by atomic mass is 35.5. The van der Waals surface area contributed by atoms with Gasteiger partial charge in [-0.2, -0.15) is 0 Å². The third kappa shape index (κ3) is 3.73. The molecule has 1 N–H and O–H groups in total. The van der Waals surface area contributed by atoms with Crippen LogP contribution in [-0.4, -0.2) is 12.5 Å². The SMILES string of the molecule is CCOc1ccc(C(=O)Nc2ccc(F)cc2Cl)cc1C. The number of nitrogens with one attached hydrogen (secondary N) is 1. The molecule has 0 unspecified atom stereocenters. The summed E-state index contributed by atoms with van der Waals surface area (Å²) in [6.45, 7) is 4.33. The van der Waals surface area contributed by atoms with Gasteiger partial charge in [0.15, 0.2) is 0 Å². The van der Waals surface area contributed by atoms with Gasteiger partial charge in [-0.25, -0.2) is 4.39 Å². The number of anilines is 1. The smallest absolute Gasteiger partial charge is 0.255 e. The van der Waals surface area contributed by atoms with Gasteiger partial charge in [0.2, 0.25) is 0 Å². The number of aryl methyl sites for hydroxylation is 1. The van der Waals surface area contributed by atoms with E-state index in [-0.39, 0.29) is 10.9 Å². The van der Waals surface area contributed by atoms with Crippen LogP contribution >= 0.6 is 11.6 Å². The molecule has 2 rings (SSSR count). The molecule has 21 heavy (non-hydrogen) atoms. The van der Waals surface area contributed by atoms with Gasteiger partial charge in [0.25, 0.3) is 5.91 Å². The van der Waals surface area contributed by atoms with Crippen LogP contribution in [0.5, 0.6) is 5.75 Å². The summed E-state index contributed by atoms with van der Waals surface area (Å²) in [5.41, 5.74) is 1.72. The van der Waals surface area contributed by atoms with Crippen LogP contribution in [0.4, 0.5) is 10.1 Å². The quantitative estimate of drug-likeness (QED) is 0.907. The van der Waals surface area contributed by atoms with Crippen LogP contribution in [-0.2, 0) is 0 Å². The van der Waals surface area contributed by atoms with E-state index in [1.54, 1.807) is 18.2 Å². The van der Waals surface area contributed by atoms with Crippen LogP contribution in [0.15, 0.2) is 36.4 Å². The van der Waals surface area contributed by atoms with E-state index >= 15 is 0 Å². The molecule has 2 aromatic carbocycles.